The van der Waals surface area contributed by atoms with Crippen LogP contribution in [0.25, 0.3) is 0 Å². The predicted octanol–water partition coefficient (Wildman–Crippen LogP) is 1.87. The van der Waals surface area contributed by atoms with E-state index in [-0.39, 0.29) is 10.3 Å². The maximum Gasteiger partial charge on any atom is 0.244 e. The first-order chi connectivity index (χ1) is 9.19. The minimum absolute atomic E-state index is 0.0794. The Morgan fingerprint density at radius 3 is 2.45 bits per heavy atom. The summed E-state index contributed by atoms with van der Waals surface area (Å²) in [6.45, 7) is 6.94. The van der Waals surface area contributed by atoms with Crippen molar-refractivity contribution in [3.8, 4) is 5.75 Å². The lowest BCUT2D eigenvalue weighted by Crippen LogP contribution is -2.27. The van der Waals surface area contributed by atoms with Gasteiger partial charge in [-0.1, -0.05) is 26.8 Å². The first-order valence-corrected chi connectivity index (χ1v) is 8.04. The number of rotatable bonds is 6. The first-order valence-electron chi connectivity index (χ1n) is 6.56. The summed E-state index contributed by atoms with van der Waals surface area (Å²) in [5.41, 5.74) is 6.45. The molecule has 0 amide bonds. The third-order valence-corrected chi connectivity index (χ3v) is 4.42. The second-order valence-corrected chi connectivity index (χ2v) is 7.63. The van der Waals surface area contributed by atoms with Crippen LogP contribution in [0.15, 0.2) is 23.1 Å². The van der Waals surface area contributed by atoms with Crippen LogP contribution >= 0.6 is 0 Å². The molecule has 0 saturated heterocycles. The van der Waals surface area contributed by atoms with Crippen LogP contribution in [-0.2, 0) is 16.6 Å². The quantitative estimate of drug-likeness (QED) is 0.840. The molecule has 0 heterocycles. The molecule has 5 nitrogen and oxygen atoms in total. The Morgan fingerprint density at radius 2 is 1.95 bits per heavy atom. The van der Waals surface area contributed by atoms with Crippen LogP contribution in [0.1, 0.15) is 32.8 Å². The summed E-state index contributed by atoms with van der Waals surface area (Å²) < 4.78 is 32.3. The van der Waals surface area contributed by atoms with Gasteiger partial charge in [-0.15, -0.1) is 0 Å². The van der Waals surface area contributed by atoms with Crippen molar-refractivity contribution in [3.63, 3.8) is 0 Å². The maximum absolute atomic E-state index is 12.3. The van der Waals surface area contributed by atoms with Gasteiger partial charge in [0.1, 0.15) is 10.6 Å². The van der Waals surface area contributed by atoms with E-state index in [1.54, 1.807) is 12.1 Å². The van der Waals surface area contributed by atoms with E-state index in [4.69, 9.17) is 10.5 Å². The number of nitrogens with two attached hydrogens (primary N) is 1. The van der Waals surface area contributed by atoms with Crippen LogP contribution in [0.4, 0.5) is 0 Å². The number of benzene rings is 1. The fourth-order valence-corrected chi connectivity index (χ4v) is 2.88. The molecular weight excluding hydrogens is 276 g/mol. The van der Waals surface area contributed by atoms with Crippen molar-refractivity contribution in [1.82, 2.24) is 4.72 Å². The molecule has 0 radical (unpaired) electrons. The van der Waals surface area contributed by atoms with Gasteiger partial charge < -0.3 is 10.5 Å². The van der Waals surface area contributed by atoms with E-state index in [9.17, 15) is 8.42 Å². The van der Waals surface area contributed by atoms with E-state index in [2.05, 4.69) is 25.5 Å². The predicted molar refractivity (Wildman–Crippen MR) is 80.1 cm³/mol. The molecular formula is C14H24N2O3S. The van der Waals surface area contributed by atoms with Crippen molar-refractivity contribution in [3.05, 3.63) is 23.8 Å². The number of hydrogen-bond acceptors (Lipinski definition) is 4. The van der Waals surface area contributed by atoms with Crippen LogP contribution < -0.4 is 15.2 Å². The highest BCUT2D eigenvalue weighted by Crippen LogP contribution is 2.25. The molecule has 0 saturated carbocycles. The van der Waals surface area contributed by atoms with Gasteiger partial charge in [-0.05, 0) is 29.5 Å². The van der Waals surface area contributed by atoms with Crippen LogP contribution in [0.5, 0.6) is 5.75 Å². The first kappa shape index (κ1) is 16.9. The van der Waals surface area contributed by atoms with Crippen molar-refractivity contribution < 1.29 is 13.2 Å². The zero-order valence-electron chi connectivity index (χ0n) is 12.6. The van der Waals surface area contributed by atoms with Gasteiger partial charge in [0.05, 0.1) is 7.11 Å². The monoisotopic (exact) mass is 300 g/mol. The Hall–Kier alpha value is -1.11. The Bertz CT molecular complexity index is 548. The second-order valence-electron chi connectivity index (χ2n) is 5.90. The van der Waals surface area contributed by atoms with Gasteiger partial charge in [-0.25, -0.2) is 13.1 Å². The zero-order valence-corrected chi connectivity index (χ0v) is 13.4. The molecule has 0 aliphatic heterocycles. The topological polar surface area (TPSA) is 81.4 Å². The van der Waals surface area contributed by atoms with Crippen molar-refractivity contribution in [2.24, 2.45) is 11.1 Å². The SMILES string of the molecule is COc1cc(CN)ccc1S(=O)(=O)NCCC(C)(C)C. The summed E-state index contributed by atoms with van der Waals surface area (Å²) in [4.78, 5) is 0.145. The number of ether oxygens (including phenoxy) is 1. The Balaban J connectivity index is 2.92. The molecule has 1 rings (SSSR count). The molecule has 0 atom stereocenters. The third-order valence-electron chi connectivity index (χ3n) is 2.92. The van der Waals surface area contributed by atoms with E-state index in [0.29, 0.717) is 18.8 Å². The second kappa shape index (κ2) is 6.56. The van der Waals surface area contributed by atoms with E-state index in [1.807, 2.05) is 0 Å². The van der Waals surface area contributed by atoms with E-state index >= 15 is 0 Å². The molecule has 3 N–H and O–H groups in total. The lowest BCUT2D eigenvalue weighted by molar-refractivity contribution is 0.377. The highest BCUT2D eigenvalue weighted by atomic mass is 32.2. The highest BCUT2D eigenvalue weighted by molar-refractivity contribution is 7.89. The number of nitrogens with one attached hydrogen (secondary N) is 1. The van der Waals surface area contributed by atoms with Crippen molar-refractivity contribution in [2.75, 3.05) is 13.7 Å². The lowest BCUT2D eigenvalue weighted by Gasteiger charge is -2.18. The maximum atomic E-state index is 12.3. The molecule has 0 aromatic heterocycles. The zero-order chi connectivity index (χ0) is 15.4. The molecule has 114 valence electrons. The fraction of sp³-hybridized carbons (Fsp3) is 0.571. The summed E-state index contributed by atoms with van der Waals surface area (Å²) in [6, 6.07) is 4.87. The number of methoxy groups -OCH3 is 1. The molecule has 20 heavy (non-hydrogen) atoms. The van der Waals surface area contributed by atoms with Crippen molar-refractivity contribution in [2.45, 2.75) is 38.6 Å². The Kier molecular flexibility index (Phi) is 5.56. The lowest BCUT2D eigenvalue weighted by atomic mass is 9.93. The van der Waals surface area contributed by atoms with Gasteiger partial charge in [0.15, 0.2) is 0 Å². The third kappa shape index (κ3) is 4.77. The molecule has 6 heteroatoms. The minimum atomic E-state index is -3.57. The molecule has 1 aromatic rings. The van der Waals surface area contributed by atoms with Gasteiger partial charge in [-0.3, -0.25) is 0 Å². The number of hydrogen-bond donors (Lipinski definition) is 2. The minimum Gasteiger partial charge on any atom is -0.495 e. The summed E-state index contributed by atoms with van der Waals surface area (Å²) >= 11 is 0. The Morgan fingerprint density at radius 1 is 1.30 bits per heavy atom. The fourth-order valence-electron chi connectivity index (χ4n) is 1.70. The van der Waals surface area contributed by atoms with Gasteiger partial charge in [0.2, 0.25) is 10.0 Å². The Labute approximate surface area is 121 Å². The number of sulfonamides is 1. The van der Waals surface area contributed by atoms with Crippen LogP contribution in [0.2, 0.25) is 0 Å². The van der Waals surface area contributed by atoms with Crippen molar-refractivity contribution >= 4 is 10.0 Å². The van der Waals surface area contributed by atoms with E-state index in [1.165, 1.54) is 13.2 Å². The highest BCUT2D eigenvalue weighted by Gasteiger charge is 2.20. The molecule has 0 bridgehead atoms. The standard InChI is InChI=1S/C14H24N2O3S/c1-14(2,3)7-8-16-20(17,18)13-6-5-11(10-15)9-12(13)19-4/h5-6,9,16H,7-8,10,15H2,1-4H3. The molecule has 0 aliphatic rings. The molecule has 0 aliphatic carbocycles. The summed E-state index contributed by atoms with van der Waals surface area (Å²) in [5.74, 6) is 0.316. The average molecular weight is 300 g/mol. The van der Waals surface area contributed by atoms with Crippen LogP contribution in [0.3, 0.4) is 0 Å². The molecule has 0 unspecified atom stereocenters. The smallest absolute Gasteiger partial charge is 0.244 e. The van der Waals surface area contributed by atoms with E-state index < -0.39 is 10.0 Å². The van der Waals surface area contributed by atoms with Crippen molar-refractivity contribution in [1.29, 1.82) is 0 Å². The summed E-state index contributed by atoms with van der Waals surface area (Å²) in [5, 5.41) is 0. The van der Waals surface area contributed by atoms with Gasteiger partial charge in [0, 0.05) is 13.1 Å². The van der Waals surface area contributed by atoms with Gasteiger partial charge >= 0.3 is 0 Å². The van der Waals surface area contributed by atoms with Gasteiger partial charge in [-0.2, -0.15) is 0 Å². The molecule has 0 fully saturated rings. The average Bonchev–Trinajstić information content (AvgIpc) is 2.36. The van der Waals surface area contributed by atoms with Crippen LogP contribution in [0, 0.1) is 5.41 Å². The molecule has 1 aromatic carbocycles. The largest absolute Gasteiger partial charge is 0.495 e. The van der Waals surface area contributed by atoms with E-state index in [0.717, 1.165) is 12.0 Å². The summed E-state index contributed by atoms with van der Waals surface area (Å²) in [7, 11) is -2.12. The summed E-state index contributed by atoms with van der Waals surface area (Å²) in [6.07, 6.45) is 0.759. The molecule has 0 spiro atoms. The van der Waals surface area contributed by atoms with Crippen LogP contribution in [-0.4, -0.2) is 22.1 Å². The normalized spacial score (nSPS) is 12.4. The van der Waals surface area contributed by atoms with Gasteiger partial charge in [0.25, 0.3) is 0 Å².